The van der Waals surface area contributed by atoms with Crippen LogP contribution >= 0.6 is 15.9 Å². The second-order valence-corrected chi connectivity index (χ2v) is 8.02. The van der Waals surface area contributed by atoms with Gasteiger partial charge in [0.05, 0.1) is 16.0 Å². The van der Waals surface area contributed by atoms with Crippen LogP contribution in [0.4, 0.5) is 13.2 Å². The second-order valence-electron chi connectivity index (χ2n) is 5.28. The van der Waals surface area contributed by atoms with Crippen molar-refractivity contribution in [1.82, 2.24) is 9.29 Å². The molecule has 0 aliphatic heterocycles. The lowest BCUT2D eigenvalue weighted by molar-refractivity contribution is -0.137. The van der Waals surface area contributed by atoms with Gasteiger partial charge in [0.1, 0.15) is 0 Å². The molecule has 0 atom stereocenters. The zero-order valence-corrected chi connectivity index (χ0v) is 15.2. The molecular weight excluding hydrogens is 421 g/mol. The van der Waals surface area contributed by atoms with Crippen LogP contribution in [0.25, 0.3) is 16.6 Å². The van der Waals surface area contributed by atoms with E-state index >= 15 is 0 Å². The van der Waals surface area contributed by atoms with Gasteiger partial charge in [-0.05, 0) is 65.4 Å². The summed E-state index contributed by atoms with van der Waals surface area (Å²) in [5, 5.41) is 0.635. The molecule has 9 heteroatoms. The van der Waals surface area contributed by atoms with Gasteiger partial charge in [-0.3, -0.25) is 0 Å². The first-order valence-electron chi connectivity index (χ1n) is 7.05. The SMILES string of the molecule is CNS(=O)(=O)c1ccc2c(c1)c(Br)cn2-c1ccc(C(F)(F)F)cc1. The minimum Gasteiger partial charge on any atom is -0.315 e. The number of aromatic nitrogens is 1. The van der Waals surface area contributed by atoms with E-state index in [1.165, 1.54) is 31.3 Å². The average molecular weight is 433 g/mol. The maximum absolute atomic E-state index is 12.7. The number of nitrogens with zero attached hydrogens (tertiary/aromatic N) is 1. The van der Waals surface area contributed by atoms with Crippen molar-refractivity contribution in [2.24, 2.45) is 0 Å². The maximum Gasteiger partial charge on any atom is 0.416 e. The van der Waals surface area contributed by atoms with Crippen molar-refractivity contribution in [2.75, 3.05) is 7.05 Å². The molecule has 0 aliphatic carbocycles. The zero-order valence-electron chi connectivity index (χ0n) is 12.8. The van der Waals surface area contributed by atoms with E-state index in [0.717, 1.165) is 12.1 Å². The molecule has 1 aromatic heterocycles. The van der Waals surface area contributed by atoms with E-state index in [2.05, 4.69) is 20.7 Å². The summed E-state index contributed by atoms with van der Waals surface area (Å²) in [5.74, 6) is 0. The zero-order chi connectivity index (χ0) is 18.4. The Bertz CT molecular complexity index is 1040. The Kier molecular flexibility index (Phi) is 4.42. The summed E-state index contributed by atoms with van der Waals surface area (Å²) >= 11 is 3.37. The Labute approximate surface area is 150 Å². The normalized spacial score (nSPS) is 12.7. The number of hydrogen-bond donors (Lipinski definition) is 1. The Morgan fingerprint density at radius 3 is 2.28 bits per heavy atom. The fraction of sp³-hybridized carbons (Fsp3) is 0.125. The molecule has 0 spiro atoms. The predicted octanol–water partition coefficient (Wildman–Crippen LogP) is 4.32. The number of rotatable bonds is 3. The van der Waals surface area contributed by atoms with Crippen molar-refractivity contribution >= 4 is 36.9 Å². The fourth-order valence-electron chi connectivity index (χ4n) is 2.48. The van der Waals surface area contributed by atoms with Gasteiger partial charge in [0.25, 0.3) is 0 Å². The van der Waals surface area contributed by atoms with Crippen molar-refractivity contribution < 1.29 is 21.6 Å². The maximum atomic E-state index is 12.7. The van der Waals surface area contributed by atoms with Gasteiger partial charge in [0.2, 0.25) is 10.0 Å². The molecule has 132 valence electrons. The summed E-state index contributed by atoms with van der Waals surface area (Å²) < 4.78 is 66.5. The minimum absolute atomic E-state index is 0.105. The van der Waals surface area contributed by atoms with Crippen LogP contribution < -0.4 is 4.72 Å². The molecule has 0 saturated heterocycles. The summed E-state index contributed by atoms with van der Waals surface area (Å²) in [7, 11) is -2.27. The van der Waals surface area contributed by atoms with Crippen LogP contribution in [0.5, 0.6) is 0 Å². The first-order valence-corrected chi connectivity index (χ1v) is 9.33. The average Bonchev–Trinajstić information content (AvgIpc) is 2.91. The third-order valence-corrected chi connectivity index (χ3v) is 5.82. The van der Waals surface area contributed by atoms with E-state index in [9.17, 15) is 21.6 Å². The van der Waals surface area contributed by atoms with E-state index in [1.807, 2.05) is 0 Å². The first-order chi connectivity index (χ1) is 11.6. The van der Waals surface area contributed by atoms with Gasteiger partial charge in [0.15, 0.2) is 0 Å². The van der Waals surface area contributed by atoms with Gasteiger partial charge in [0, 0.05) is 21.7 Å². The van der Waals surface area contributed by atoms with Crippen LogP contribution in [0.15, 0.2) is 58.0 Å². The monoisotopic (exact) mass is 432 g/mol. The predicted molar refractivity (Wildman–Crippen MR) is 92.2 cm³/mol. The van der Waals surface area contributed by atoms with Gasteiger partial charge < -0.3 is 4.57 Å². The Morgan fingerprint density at radius 1 is 1.08 bits per heavy atom. The molecule has 2 aromatic carbocycles. The smallest absolute Gasteiger partial charge is 0.315 e. The van der Waals surface area contributed by atoms with Crippen molar-refractivity contribution in [3.05, 3.63) is 58.7 Å². The van der Waals surface area contributed by atoms with Crippen LogP contribution in [-0.4, -0.2) is 20.0 Å². The van der Waals surface area contributed by atoms with Gasteiger partial charge in [-0.2, -0.15) is 13.2 Å². The summed E-state index contributed by atoms with van der Waals surface area (Å²) in [6.45, 7) is 0. The summed E-state index contributed by atoms with van der Waals surface area (Å²) in [6, 6.07) is 9.32. The largest absolute Gasteiger partial charge is 0.416 e. The summed E-state index contributed by atoms with van der Waals surface area (Å²) in [6.07, 6.45) is -2.71. The quantitative estimate of drug-likeness (QED) is 0.669. The minimum atomic E-state index is -4.39. The lowest BCUT2D eigenvalue weighted by Crippen LogP contribution is -2.18. The molecule has 4 nitrogen and oxygen atoms in total. The number of fused-ring (bicyclic) bond motifs is 1. The first kappa shape index (κ1) is 18.0. The fourth-order valence-corrected chi connectivity index (χ4v) is 3.76. The van der Waals surface area contributed by atoms with Gasteiger partial charge in [-0.1, -0.05) is 0 Å². The molecule has 0 bridgehead atoms. The van der Waals surface area contributed by atoms with E-state index in [4.69, 9.17) is 0 Å². The molecule has 0 fully saturated rings. The molecule has 0 aliphatic rings. The van der Waals surface area contributed by atoms with E-state index in [-0.39, 0.29) is 4.90 Å². The lowest BCUT2D eigenvalue weighted by Gasteiger charge is -2.09. The molecule has 0 unspecified atom stereocenters. The van der Waals surface area contributed by atoms with Crippen molar-refractivity contribution in [1.29, 1.82) is 0 Å². The highest BCUT2D eigenvalue weighted by atomic mass is 79.9. The molecule has 0 amide bonds. The van der Waals surface area contributed by atoms with Crippen LogP contribution in [0.1, 0.15) is 5.56 Å². The molecule has 3 aromatic rings. The molecule has 1 heterocycles. The molecule has 0 radical (unpaired) electrons. The van der Waals surface area contributed by atoms with Crippen LogP contribution in [0, 0.1) is 0 Å². The molecule has 3 rings (SSSR count). The number of alkyl halides is 3. The standard InChI is InChI=1S/C16H12BrF3N2O2S/c1-21-25(23,24)12-6-7-15-13(8-12)14(17)9-22(15)11-4-2-10(3-5-11)16(18,19)20/h2-9,21H,1H3. The number of benzene rings is 2. The molecule has 1 N–H and O–H groups in total. The number of hydrogen-bond acceptors (Lipinski definition) is 2. The Balaban J connectivity index is 2.12. The highest BCUT2D eigenvalue weighted by molar-refractivity contribution is 9.10. The highest BCUT2D eigenvalue weighted by Gasteiger charge is 2.30. The number of sulfonamides is 1. The molecule has 0 saturated carbocycles. The van der Waals surface area contributed by atoms with Crippen molar-refractivity contribution in [3.63, 3.8) is 0 Å². The Hall–Kier alpha value is -1.84. The van der Waals surface area contributed by atoms with Crippen molar-refractivity contribution in [2.45, 2.75) is 11.1 Å². The van der Waals surface area contributed by atoms with Gasteiger partial charge >= 0.3 is 6.18 Å². The van der Waals surface area contributed by atoms with E-state index in [1.54, 1.807) is 16.8 Å². The van der Waals surface area contributed by atoms with Crippen LogP contribution in [-0.2, 0) is 16.2 Å². The van der Waals surface area contributed by atoms with Crippen molar-refractivity contribution in [3.8, 4) is 5.69 Å². The van der Waals surface area contributed by atoms with Crippen LogP contribution in [0.2, 0.25) is 0 Å². The van der Waals surface area contributed by atoms with E-state index in [0.29, 0.717) is 21.1 Å². The summed E-state index contributed by atoms with van der Waals surface area (Å²) in [4.78, 5) is 0.105. The van der Waals surface area contributed by atoms with Crippen LogP contribution in [0.3, 0.4) is 0 Å². The number of halogens is 4. The highest BCUT2D eigenvalue weighted by Crippen LogP contribution is 2.33. The topological polar surface area (TPSA) is 51.1 Å². The van der Waals surface area contributed by atoms with Gasteiger partial charge in [-0.15, -0.1) is 0 Å². The second kappa shape index (κ2) is 6.15. The molecule has 25 heavy (non-hydrogen) atoms. The number of nitrogens with one attached hydrogen (secondary N) is 1. The Morgan fingerprint density at radius 2 is 1.72 bits per heavy atom. The van der Waals surface area contributed by atoms with Gasteiger partial charge in [-0.25, -0.2) is 13.1 Å². The third-order valence-electron chi connectivity index (χ3n) is 3.78. The third kappa shape index (κ3) is 3.31. The molecular formula is C16H12BrF3N2O2S. The lowest BCUT2D eigenvalue weighted by atomic mass is 10.2. The summed E-state index contributed by atoms with van der Waals surface area (Å²) in [5.41, 5.74) is 0.476. The van der Waals surface area contributed by atoms with E-state index < -0.39 is 21.8 Å².